The summed E-state index contributed by atoms with van der Waals surface area (Å²) in [7, 11) is 0. The Morgan fingerprint density at radius 3 is 1.37 bits per heavy atom. The van der Waals surface area contributed by atoms with E-state index in [1.54, 1.807) is 9.13 Å². The summed E-state index contributed by atoms with van der Waals surface area (Å²) in [4.78, 5) is 23.8. The highest BCUT2D eigenvalue weighted by atomic mass is 16.1. The van der Waals surface area contributed by atoms with Crippen LogP contribution in [0.4, 0.5) is 0 Å². The Bertz CT molecular complexity index is 2290. The maximum Gasteiger partial charge on any atom is 0.338 e. The van der Waals surface area contributed by atoms with E-state index in [0.29, 0.717) is 5.82 Å². The molecule has 0 aliphatic rings. The van der Waals surface area contributed by atoms with Gasteiger partial charge in [0.25, 0.3) is 0 Å². The van der Waals surface area contributed by atoms with E-state index < -0.39 is 0 Å². The van der Waals surface area contributed by atoms with Gasteiger partial charge in [-0.15, -0.1) is 0 Å². The molecule has 0 unspecified atom stereocenters. The van der Waals surface area contributed by atoms with Crippen molar-refractivity contribution in [2.45, 2.75) is 0 Å². The summed E-state index contributed by atoms with van der Waals surface area (Å²) in [5, 5.41) is 0. The van der Waals surface area contributed by atoms with E-state index in [9.17, 15) is 4.79 Å². The van der Waals surface area contributed by atoms with Crippen molar-refractivity contribution in [1.82, 2.24) is 19.1 Å². The van der Waals surface area contributed by atoms with Crippen molar-refractivity contribution in [3.8, 4) is 56.4 Å². The summed E-state index contributed by atoms with van der Waals surface area (Å²) >= 11 is 0. The van der Waals surface area contributed by atoms with Crippen LogP contribution in [0.25, 0.3) is 67.4 Å². The van der Waals surface area contributed by atoms with Crippen molar-refractivity contribution in [1.29, 1.82) is 0 Å². The minimum atomic E-state index is -0.105. The van der Waals surface area contributed by atoms with Crippen LogP contribution in [0, 0.1) is 0 Å². The van der Waals surface area contributed by atoms with Crippen molar-refractivity contribution in [3.05, 3.63) is 180 Å². The molecule has 2 aromatic heterocycles. The number of aromatic nitrogens is 4. The molecular formula is C41H28N4O. The van der Waals surface area contributed by atoms with Crippen LogP contribution in [0.2, 0.25) is 0 Å². The van der Waals surface area contributed by atoms with E-state index in [1.165, 1.54) is 0 Å². The largest absolute Gasteiger partial charge is 0.338 e. The van der Waals surface area contributed by atoms with E-state index >= 15 is 0 Å². The first kappa shape index (κ1) is 27.2. The van der Waals surface area contributed by atoms with Gasteiger partial charge in [0, 0.05) is 16.7 Å². The van der Waals surface area contributed by atoms with Gasteiger partial charge in [0.1, 0.15) is 0 Å². The quantitative estimate of drug-likeness (QED) is 0.193. The van der Waals surface area contributed by atoms with Gasteiger partial charge in [0.15, 0.2) is 5.82 Å². The van der Waals surface area contributed by atoms with Crippen molar-refractivity contribution >= 4 is 11.0 Å². The van der Waals surface area contributed by atoms with E-state index in [0.717, 1.165) is 61.6 Å². The molecule has 8 aromatic rings. The van der Waals surface area contributed by atoms with E-state index in [2.05, 4.69) is 48.5 Å². The Kier molecular flexibility index (Phi) is 6.89. The third-order valence-corrected chi connectivity index (χ3v) is 8.21. The molecule has 0 saturated heterocycles. The second-order valence-corrected chi connectivity index (χ2v) is 11.1. The molecule has 0 amide bonds. The van der Waals surface area contributed by atoms with Crippen molar-refractivity contribution < 1.29 is 0 Å². The van der Waals surface area contributed by atoms with Crippen LogP contribution in [0.15, 0.2) is 175 Å². The molecule has 0 fully saturated rings. The summed E-state index contributed by atoms with van der Waals surface area (Å²) in [6.07, 6.45) is 0. The lowest BCUT2D eigenvalue weighted by Crippen LogP contribution is -2.21. The fraction of sp³-hybridized carbons (Fsp3) is 0. The summed E-state index contributed by atoms with van der Waals surface area (Å²) < 4.78 is 3.57. The van der Waals surface area contributed by atoms with E-state index in [4.69, 9.17) is 9.97 Å². The van der Waals surface area contributed by atoms with Crippen molar-refractivity contribution in [3.63, 3.8) is 0 Å². The molecule has 6 aromatic carbocycles. The zero-order valence-corrected chi connectivity index (χ0v) is 24.9. The third-order valence-electron chi connectivity index (χ3n) is 8.21. The van der Waals surface area contributed by atoms with Gasteiger partial charge in [0.2, 0.25) is 0 Å². The average Bonchev–Trinajstić information content (AvgIpc) is 3.43. The van der Waals surface area contributed by atoms with Gasteiger partial charge in [-0.2, -0.15) is 0 Å². The minimum Gasteiger partial charge on any atom is -0.260 e. The number of hydrogen-bond acceptors (Lipinski definition) is 3. The molecule has 0 saturated carbocycles. The zero-order chi connectivity index (χ0) is 30.9. The second kappa shape index (κ2) is 11.6. The summed E-state index contributed by atoms with van der Waals surface area (Å²) in [6, 6.07) is 56.5. The van der Waals surface area contributed by atoms with Crippen LogP contribution in [0.1, 0.15) is 0 Å². The number of benzene rings is 6. The molecule has 218 valence electrons. The Morgan fingerprint density at radius 2 is 0.804 bits per heavy atom. The molecule has 0 atom stereocenters. The van der Waals surface area contributed by atoms with Crippen LogP contribution in [0.5, 0.6) is 0 Å². The van der Waals surface area contributed by atoms with Gasteiger partial charge in [-0.25, -0.2) is 14.8 Å². The maximum atomic E-state index is 13.9. The first-order chi connectivity index (χ1) is 22.7. The summed E-state index contributed by atoms with van der Waals surface area (Å²) in [5.74, 6) is 0.688. The highest BCUT2D eigenvalue weighted by Gasteiger charge is 2.17. The molecule has 0 radical (unpaired) electrons. The number of imidazole rings is 1. The molecule has 0 aliphatic heterocycles. The average molecular weight is 593 g/mol. The first-order valence-corrected chi connectivity index (χ1v) is 15.2. The minimum absolute atomic E-state index is 0.105. The second-order valence-electron chi connectivity index (χ2n) is 11.1. The summed E-state index contributed by atoms with van der Waals surface area (Å²) in [6.45, 7) is 0. The van der Waals surface area contributed by atoms with Gasteiger partial charge < -0.3 is 0 Å². The van der Waals surface area contributed by atoms with Gasteiger partial charge in [-0.3, -0.25) is 9.13 Å². The zero-order valence-electron chi connectivity index (χ0n) is 24.9. The Labute approximate surface area is 266 Å². The highest BCUT2D eigenvalue weighted by molar-refractivity contribution is 5.86. The predicted octanol–water partition coefficient (Wildman–Crippen LogP) is 9.24. The van der Waals surface area contributed by atoms with Crippen LogP contribution < -0.4 is 5.69 Å². The Balaban J connectivity index is 1.23. The molecule has 5 heteroatoms. The molecule has 0 bridgehead atoms. The lowest BCUT2D eigenvalue weighted by Gasteiger charge is -2.10. The summed E-state index contributed by atoms with van der Waals surface area (Å²) in [5.41, 5.74) is 10.1. The third kappa shape index (κ3) is 5.00. The van der Waals surface area contributed by atoms with Gasteiger partial charge in [-0.1, -0.05) is 127 Å². The van der Waals surface area contributed by atoms with Crippen molar-refractivity contribution in [2.24, 2.45) is 0 Å². The molecule has 0 N–H and O–H groups in total. The highest BCUT2D eigenvalue weighted by Crippen LogP contribution is 2.31. The maximum absolute atomic E-state index is 13.9. The lowest BCUT2D eigenvalue weighted by atomic mass is 10.0. The normalized spacial score (nSPS) is 11.1. The van der Waals surface area contributed by atoms with Gasteiger partial charge >= 0.3 is 5.69 Å². The Hall–Kier alpha value is -6.33. The lowest BCUT2D eigenvalue weighted by molar-refractivity contribution is 0.931. The fourth-order valence-electron chi connectivity index (χ4n) is 5.93. The molecule has 8 rings (SSSR count). The fourth-order valence-corrected chi connectivity index (χ4v) is 5.93. The van der Waals surface area contributed by atoms with Crippen LogP contribution in [0.3, 0.4) is 0 Å². The monoisotopic (exact) mass is 592 g/mol. The Morgan fingerprint density at radius 1 is 0.370 bits per heavy atom. The van der Waals surface area contributed by atoms with Crippen molar-refractivity contribution in [2.75, 3.05) is 0 Å². The number of para-hydroxylation sites is 2. The number of rotatable bonds is 6. The number of nitrogens with zero attached hydrogens (tertiary/aromatic N) is 4. The SMILES string of the molecule is O=c1n(-c2ccccc2)c2ccc(-c3ccc(-c4cc(-c5ccccc5)nc(-c5ccccc5)n4)cc3)cc2n1-c1ccccc1. The molecular weight excluding hydrogens is 564 g/mol. The molecule has 46 heavy (non-hydrogen) atoms. The van der Waals surface area contributed by atoms with Crippen LogP contribution >= 0.6 is 0 Å². The molecule has 0 spiro atoms. The standard InChI is InChI=1S/C41H28N4O/c46-41-44(34-17-9-3-10-18-34)38-26-25-33(27-39(38)45(41)35-19-11-4-12-20-35)29-21-23-31(24-22-29)37-28-36(30-13-5-1-6-14-30)42-40(43-37)32-15-7-2-8-16-32/h1-28H. The number of fused-ring (bicyclic) bond motifs is 1. The smallest absolute Gasteiger partial charge is 0.260 e. The molecule has 2 heterocycles. The van der Waals surface area contributed by atoms with E-state index in [1.807, 2.05) is 121 Å². The van der Waals surface area contributed by atoms with E-state index in [-0.39, 0.29) is 5.69 Å². The predicted molar refractivity (Wildman–Crippen MR) is 186 cm³/mol. The van der Waals surface area contributed by atoms with Gasteiger partial charge in [-0.05, 0) is 53.6 Å². The van der Waals surface area contributed by atoms with Crippen LogP contribution in [-0.4, -0.2) is 19.1 Å². The molecule has 0 aliphatic carbocycles. The topological polar surface area (TPSA) is 52.7 Å². The number of hydrogen-bond donors (Lipinski definition) is 0. The molecule has 5 nitrogen and oxygen atoms in total. The van der Waals surface area contributed by atoms with Crippen LogP contribution in [-0.2, 0) is 0 Å². The van der Waals surface area contributed by atoms with Gasteiger partial charge in [0.05, 0.1) is 33.8 Å². The first-order valence-electron chi connectivity index (χ1n) is 15.2.